The van der Waals surface area contributed by atoms with E-state index in [1.165, 1.54) is 31.2 Å². The molecule has 0 aliphatic carbocycles. The number of aryl methyl sites for hydroxylation is 1. The van der Waals surface area contributed by atoms with Gasteiger partial charge in [-0.25, -0.2) is 13.2 Å². The van der Waals surface area contributed by atoms with Crippen molar-refractivity contribution in [2.24, 2.45) is 0 Å². The van der Waals surface area contributed by atoms with Crippen LogP contribution in [-0.2, 0) is 19.6 Å². The lowest BCUT2D eigenvalue weighted by molar-refractivity contribution is -0.117. The standard InChI is InChI=1S/C19H22N2O5S/c1-4-26-19(23)15-7-9-16(10-8-15)20-18(22)14(3)21-27(24,25)17-11-5-13(2)6-12-17/h5-12,14,21H,4H2,1-3H3,(H,20,22)/t14-/m1/s1. The lowest BCUT2D eigenvalue weighted by atomic mass is 10.2. The number of carbonyl (C=O) groups excluding carboxylic acids is 2. The first kappa shape index (κ1) is 20.6. The third kappa shape index (κ3) is 5.63. The minimum atomic E-state index is -3.81. The molecule has 1 atom stereocenters. The van der Waals surface area contributed by atoms with Crippen molar-refractivity contribution in [1.82, 2.24) is 4.72 Å². The summed E-state index contributed by atoms with van der Waals surface area (Å²) in [6.07, 6.45) is 0. The van der Waals surface area contributed by atoms with E-state index in [1.807, 2.05) is 6.92 Å². The molecule has 0 heterocycles. The number of carbonyl (C=O) groups is 2. The van der Waals surface area contributed by atoms with E-state index in [1.54, 1.807) is 31.2 Å². The van der Waals surface area contributed by atoms with Gasteiger partial charge in [-0.15, -0.1) is 0 Å². The number of esters is 1. The first-order valence-corrected chi connectivity index (χ1v) is 9.88. The quantitative estimate of drug-likeness (QED) is 0.707. The highest BCUT2D eigenvalue weighted by atomic mass is 32.2. The molecule has 7 nitrogen and oxygen atoms in total. The van der Waals surface area contributed by atoms with Crippen LogP contribution in [0.2, 0.25) is 0 Å². The van der Waals surface area contributed by atoms with Crippen LogP contribution >= 0.6 is 0 Å². The number of rotatable bonds is 7. The molecular formula is C19H22N2O5S. The summed E-state index contributed by atoms with van der Waals surface area (Å²) in [5, 5.41) is 2.60. The van der Waals surface area contributed by atoms with Gasteiger partial charge in [0.25, 0.3) is 0 Å². The van der Waals surface area contributed by atoms with Crippen LogP contribution in [0.15, 0.2) is 53.4 Å². The van der Waals surface area contributed by atoms with Crippen LogP contribution in [0.5, 0.6) is 0 Å². The average Bonchev–Trinajstić information content (AvgIpc) is 2.62. The van der Waals surface area contributed by atoms with E-state index >= 15 is 0 Å². The van der Waals surface area contributed by atoms with Gasteiger partial charge in [0.1, 0.15) is 0 Å². The molecule has 2 aromatic rings. The Morgan fingerprint density at radius 1 is 1.04 bits per heavy atom. The Bertz CT molecular complexity index is 906. The van der Waals surface area contributed by atoms with Crippen molar-refractivity contribution < 1.29 is 22.7 Å². The Kier molecular flexibility index (Phi) is 6.70. The van der Waals surface area contributed by atoms with Crippen LogP contribution < -0.4 is 10.0 Å². The van der Waals surface area contributed by atoms with Crippen LogP contribution in [0.1, 0.15) is 29.8 Å². The van der Waals surface area contributed by atoms with Crippen LogP contribution in [0.25, 0.3) is 0 Å². The third-order valence-corrected chi connectivity index (χ3v) is 5.28. The highest BCUT2D eigenvalue weighted by Crippen LogP contribution is 2.13. The molecule has 2 rings (SSSR count). The van der Waals surface area contributed by atoms with Gasteiger partial charge in [0, 0.05) is 5.69 Å². The predicted molar refractivity (Wildman–Crippen MR) is 102 cm³/mol. The number of benzene rings is 2. The van der Waals surface area contributed by atoms with Gasteiger partial charge in [0.2, 0.25) is 15.9 Å². The second kappa shape index (κ2) is 8.79. The molecule has 2 N–H and O–H groups in total. The molecule has 27 heavy (non-hydrogen) atoms. The molecule has 8 heteroatoms. The fourth-order valence-corrected chi connectivity index (χ4v) is 3.43. The number of amides is 1. The van der Waals surface area contributed by atoms with Gasteiger partial charge in [-0.05, 0) is 57.2 Å². The van der Waals surface area contributed by atoms with Crippen molar-refractivity contribution in [3.8, 4) is 0 Å². The summed E-state index contributed by atoms with van der Waals surface area (Å²) in [7, 11) is -3.81. The minimum Gasteiger partial charge on any atom is -0.462 e. The monoisotopic (exact) mass is 390 g/mol. The predicted octanol–water partition coefficient (Wildman–Crippen LogP) is 2.48. The van der Waals surface area contributed by atoms with Gasteiger partial charge >= 0.3 is 5.97 Å². The first-order chi connectivity index (χ1) is 12.7. The summed E-state index contributed by atoms with van der Waals surface area (Å²) in [6, 6.07) is 11.5. The summed E-state index contributed by atoms with van der Waals surface area (Å²) >= 11 is 0. The van der Waals surface area contributed by atoms with Crippen LogP contribution in [0.3, 0.4) is 0 Å². The molecule has 0 spiro atoms. The summed E-state index contributed by atoms with van der Waals surface area (Å²) < 4.78 is 31.9. The molecule has 0 aliphatic heterocycles. The molecule has 0 radical (unpaired) electrons. The van der Waals surface area contributed by atoms with E-state index in [2.05, 4.69) is 10.0 Å². The van der Waals surface area contributed by atoms with Gasteiger partial charge in [0.15, 0.2) is 0 Å². The zero-order chi connectivity index (χ0) is 20.0. The highest BCUT2D eigenvalue weighted by molar-refractivity contribution is 7.89. The molecule has 0 saturated carbocycles. The number of nitrogens with one attached hydrogen (secondary N) is 2. The molecule has 1 amide bonds. The number of sulfonamides is 1. The molecule has 2 aromatic carbocycles. The minimum absolute atomic E-state index is 0.0894. The molecule has 0 saturated heterocycles. The van der Waals surface area contributed by atoms with E-state index < -0.39 is 27.9 Å². The normalized spacial score (nSPS) is 12.3. The van der Waals surface area contributed by atoms with Crippen molar-refractivity contribution in [2.45, 2.75) is 31.7 Å². The maximum absolute atomic E-state index is 12.3. The lowest BCUT2D eigenvalue weighted by Crippen LogP contribution is -2.41. The number of anilines is 1. The van der Waals surface area contributed by atoms with Crippen LogP contribution in [-0.4, -0.2) is 32.9 Å². The summed E-state index contributed by atoms with van der Waals surface area (Å²) in [5.41, 5.74) is 1.74. The second-order valence-corrected chi connectivity index (χ2v) is 7.66. The molecule has 0 fully saturated rings. The molecular weight excluding hydrogens is 368 g/mol. The summed E-state index contributed by atoms with van der Waals surface area (Å²) in [6.45, 7) is 5.29. The molecule has 0 unspecified atom stereocenters. The number of ether oxygens (including phenoxy) is 1. The van der Waals surface area contributed by atoms with Gasteiger partial charge in [-0.3, -0.25) is 4.79 Å². The van der Waals surface area contributed by atoms with E-state index in [-0.39, 0.29) is 11.5 Å². The van der Waals surface area contributed by atoms with Gasteiger partial charge in [0.05, 0.1) is 23.1 Å². The molecule has 144 valence electrons. The Hall–Kier alpha value is -2.71. The number of hydrogen-bond acceptors (Lipinski definition) is 5. The molecule has 0 aromatic heterocycles. The van der Waals surface area contributed by atoms with E-state index in [9.17, 15) is 18.0 Å². The fraction of sp³-hybridized carbons (Fsp3) is 0.263. The maximum atomic E-state index is 12.3. The van der Waals surface area contributed by atoms with Crippen molar-refractivity contribution in [1.29, 1.82) is 0 Å². The second-order valence-electron chi connectivity index (χ2n) is 5.94. The molecule has 0 aliphatic rings. The zero-order valence-corrected chi connectivity index (χ0v) is 16.2. The van der Waals surface area contributed by atoms with Gasteiger partial charge in [-0.2, -0.15) is 4.72 Å². The van der Waals surface area contributed by atoms with Crippen molar-refractivity contribution >= 4 is 27.6 Å². The zero-order valence-electron chi connectivity index (χ0n) is 15.4. The topological polar surface area (TPSA) is 102 Å². The smallest absolute Gasteiger partial charge is 0.338 e. The largest absolute Gasteiger partial charge is 0.462 e. The van der Waals surface area contributed by atoms with Crippen LogP contribution in [0.4, 0.5) is 5.69 Å². The Labute approximate surface area is 158 Å². The van der Waals surface area contributed by atoms with Crippen molar-refractivity contribution in [3.63, 3.8) is 0 Å². The Morgan fingerprint density at radius 3 is 2.19 bits per heavy atom. The van der Waals surface area contributed by atoms with E-state index in [0.717, 1.165) is 5.56 Å². The highest BCUT2D eigenvalue weighted by Gasteiger charge is 2.22. The van der Waals surface area contributed by atoms with Crippen molar-refractivity contribution in [2.75, 3.05) is 11.9 Å². The fourth-order valence-electron chi connectivity index (χ4n) is 2.23. The first-order valence-electron chi connectivity index (χ1n) is 8.40. The lowest BCUT2D eigenvalue weighted by Gasteiger charge is -2.15. The van der Waals surface area contributed by atoms with Gasteiger partial charge in [-0.1, -0.05) is 17.7 Å². The SMILES string of the molecule is CCOC(=O)c1ccc(NC(=O)[C@@H](C)NS(=O)(=O)c2ccc(C)cc2)cc1. The van der Waals surface area contributed by atoms with Crippen molar-refractivity contribution in [3.05, 3.63) is 59.7 Å². The molecule has 0 bridgehead atoms. The summed E-state index contributed by atoms with van der Waals surface area (Å²) in [5.74, 6) is -0.968. The number of hydrogen-bond donors (Lipinski definition) is 2. The maximum Gasteiger partial charge on any atom is 0.338 e. The Morgan fingerprint density at radius 2 is 1.63 bits per heavy atom. The third-order valence-electron chi connectivity index (χ3n) is 3.72. The van der Waals surface area contributed by atoms with Crippen LogP contribution in [0, 0.1) is 6.92 Å². The summed E-state index contributed by atoms with van der Waals surface area (Å²) in [4.78, 5) is 24.0. The van der Waals surface area contributed by atoms with E-state index in [0.29, 0.717) is 11.3 Å². The van der Waals surface area contributed by atoms with Gasteiger partial charge < -0.3 is 10.1 Å². The van der Waals surface area contributed by atoms with E-state index in [4.69, 9.17) is 4.74 Å². The Balaban J connectivity index is 2.01. The average molecular weight is 390 g/mol.